The van der Waals surface area contributed by atoms with Crippen molar-refractivity contribution < 1.29 is 4.74 Å². The van der Waals surface area contributed by atoms with Crippen molar-refractivity contribution in [3.05, 3.63) is 23.3 Å². The zero-order valence-corrected chi connectivity index (χ0v) is 11.6. The molecule has 0 aliphatic rings. The molecule has 3 nitrogen and oxygen atoms in total. The van der Waals surface area contributed by atoms with Gasteiger partial charge in [-0.25, -0.2) is 0 Å². The Bertz CT molecular complexity index is 377. The van der Waals surface area contributed by atoms with Crippen LogP contribution >= 0.6 is 0 Å². The van der Waals surface area contributed by atoms with Gasteiger partial charge in [0, 0.05) is 13.1 Å². The maximum Gasteiger partial charge on any atom is 0.145 e. The van der Waals surface area contributed by atoms with Gasteiger partial charge in [-0.05, 0) is 50.9 Å². The van der Waals surface area contributed by atoms with E-state index in [1.54, 1.807) is 7.11 Å². The topological polar surface area (TPSA) is 38.5 Å². The minimum Gasteiger partial charge on any atom is -0.494 e. The molecule has 96 valence electrons. The van der Waals surface area contributed by atoms with Crippen molar-refractivity contribution in [2.45, 2.75) is 33.2 Å². The summed E-state index contributed by atoms with van der Waals surface area (Å²) in [6, 6.07) is 4.72. The Kier molecular flexibility index (Phi) is 4.82. The second kappa shape index (κ2) is 5.92. The molecule has 0 bridgehead atoms. The molecule has 1 rings (SSSR count). The molecule has 0 saturated carbocycles. The van der Waals surface area contributed by atoms with Crippen molar-refractivity contribution >= 4 is 5.69 Å². The number of aryl methyl sites for hydroxylation is 2. The molecule has 0 aliphatic heterocycles. The van der Waals surface area contributed by atoms with Crippen LogP contribution in [0.25, 0.3) is 0 Å². The highest BCUT2D eigenvalue weighted by atomic mass is 16.5. The Balaban J connectivity index is 3.11. The lowest BCUT2D eigenvalue weighted by Gasteiger charge is -2.29. The first kappa shape index (κ1) is 13.8. The van der Waals surface area contributed by atoms with Gasteiger partial charge < -0.3 is 15.4 Å². The Morgan fingerprint density at radius 2 is 2.00 bits per heavy atom. The molecule has 0 amide bonds. The number of hydrogen-bond acceptors (Lipinski definition) is 3. The maximum absolute atomic E-state index is 5.62. The van der Waals surface area contributed by atoms with Gasteiger partial charge in [-0.2, -0.15) is 0 Å². The molecule has 3 heteroatoms. The second-order valence-corrected chi connectivity index (χ2v) is 4.67. The summed E-state index contributed by atoms with van der Waals surface area (Å²) in [5.74, 6) is 0.960. The number of nitrogens with two attached hydrogens (primary N) is 1. The van der Waals surface area contributed by atoms with Crippen molar-refractivity contribution in [1.29, 1.82) is 0 Å². The van der Waals surface area contributed by atoms with Crippen molar-refractivity contribution in [2.24, 2.45) is 5.73 Å². The van der Waals surface area contributed by atoms with E-state index in [0.717, 1.165) is 17.9 Å². The van der Waals surface area contributed by atoms with Crippen LogP contribution in [0, 0.1) is 13.8 Å². The van der Waals surface area contributed by atoms with Gasteiger partial charge in [-0.15, -0.1) is 0 Å². The third kappa shape index (κ3) is 3.13. The molecule has 0 heterocycles. The van der Waals surface area contributed by atoms with Crippen LogP contribution in [-0.2, 0) is 0 Å². The lowest BCUT2D eigenvalue weighted by molar-refractivity contribution is 0.410. The number of nitrogens with zero attached hydrogens (tertiary/aromatic N) is 1. The lowest BCUT2D eigenvalue weighted by atomic mass is 10.1. The molecular weight excluding hydrogens is 212 g/mol. The van der Waals surface area contributed by atoms with Gasteiger partial charge in [-0.3, -0.25) is 0 Å². The second-order valence-electron chi connectivity index (χ2n) is 4.67. The first-order valence-electron chi connectivity index (χ1n) is 6.09. The third-order valence-corrected chi connectivity index (χ3v) is 3.23. The average molecular weight is 236 g/mol. The highest BCUT2D eigenvalue weighted by Crippen LogP contribution is 2.33. The number of ether oxygens (including phenoxy) is 1. The first-order chi connectivity index (χ1) is 8.01. The number of benzene rings is 1. The number of anilines is 1. The van der Waals surface area contributed by atoms with Crippen LogP contribution in [0.5, 0.6) is 5.75 Å². The molecule has 0 aromatic heterocycles. The molecule has 0 spiro atoms. The van der Waals surface area contributed by atoms with Gasteiger partial charge in [0.1, 0.15) is 5.75 Å². The summed E-state index contributed by atoms with van der Waals surface area (Å²) >= 11 is 0. The summed E-state index contributed by atoms with van der Waals surface area (Å²) in [6.07, 6.45) is 0.979. The molecular formula is C14H24N2O. The van der Waals surface area contributed by atoms with E-state index >= 15 is 0 Å². The zero-order chi connectivity index (χ0) is 13.0. The number of rotatable bonds is 5. The molecule has 1 unspecified atom stereocenters. The monoisotopic (exact) mass is 236 g/mol. The predicted octanol–water partition coefficient (Wildman–Crippen LogP) is 2.49. The fourth-order valence-corrected chi connectivity index (χ4v) is 2.13. The van der Waals surface area contributed by atoms with Crippen molar-refractivity contribution in [3.63, 3.8) is 0 Å². The molecule has 0 fully saturated rings. The van der Waals surface area contributed by atoms with Crippen LogP contribution in [0.3, 0.4) is 0 Å². The van der Waals surface area contributed by atoms with Crippen molar-refractivity contribution in [2.75, 3.05) is 25.6 Å². The van der Waals surface area contributed by atoms with Gasteiger partial charge >= 0.3 is 0 Å². The predicted molar refractivity (Wildman–Crippen MR) is 74.0 cm³/mol. The molecule has 2 N–H and O–H groups in total. The van der Waals surface area contributed by atoms with Crippen LogP contribution in [0.1, 0.15) is 24.5 Å². The van der Waals surface area contributed by atoms with E-state index in [4.69, 9.17) is 10.5 Å². The van der Waals surface area contributed by atoms with Gasteiger partial charge in [0.2, 0.25) is 0 Å². The molecule has 0 saturated heterocycles. The largest absolute Gasteiger partial charge is 0.494 e. The van der Waals surface area contributed by atoms with Crippen LogP contribution < -0.4 is 15.4 Å². The van der Waals surface area contributed by atoms with E-state index in [2.05, 4.69) is 44.9 Å². The van der Waals surface area contributed by atoms with Gasteiger partial charge in [0.15, 0.2) is 0 Å². The van der Waals surface area contributed by atoms with E-state index in [1.807, 2.05) is 0 Å². The van der Waals surface area contributed by atoms with Crippen LogP contribution in [0.15, 0.2) is 12.1 Å². The van der Waals surface area contributed by atoms with Crippen LogP contribution in [0.2, 0.25) is 0 Å². The summed E-state index contributed by atoms with van der Waals surface area (Å²) in [4.78, 5) is 2.24. The molecule has 0 radical (unpaired) electrons. The zero-order valence-electron chi connectivity index (χ0n) is 11.6. The molecule has 1 aromatic rings. The number of hydrogen-bond donors (Lipinski definition) is 1. The Morgan fingerprint density at radius 1 is 1.35 bits per heavy atom. The highest BCUT2D eigenvalue weighted by molar-refractivity contribution is 5.63. The first-order valence-corrected chi connectivity index (χ1v) is 6.09. The van der Waals surface area contributed by atoms with Gasteiger partial charge in [0.05, 0.1) is 12.8 Å². The fourth-order valence-electron chi connectivity index (χ4n) is 2.13. The van der Waals surface area contributed by atoms with Gasteiger partial charge in [-0.1, -0.05) is 6.07 Å². The Labute approximate surface area is 105 Å². The average Bonchev–Trinajstić information content (AvgIpc) is 2.27. The fraction of sp³-hybridized carbons (Fsp3) is 0.571. The van der Waals surface area contributed by atoms with E-state index in [1.165, 1.54) is 11.1 Å². The summed E-state index contributed by atoms with van der Waals surface area (Å²) in [6.45, 7) is 7.08. The lowest BCUT2D eigenvalue weighted by Crippen LogP contribution is -2.31. The highest BCUT2D eigenvalue weighted by Gasteiger charge is 2.15. The molecule has 17 heavy (non-hydrogen) atoms. The Morgan fingerprint density at radius 3 is 2.53 bits per heavy atom. The van der Waals surface area contributed by atoms with E-state index in [0.29, 0.717) is 12.6 Å². The van der Waals surface area contributed by atoms with E-state index in [-0.39, 0.29) is 0 Å². The standard InChI is InChI=1S/C14H24N2O/c1-10-8-11(2)14(17-5)13(9-10)16(4)12(3)6-7-15/h8-9,12H,6-7,15H2,1-5H3. The van der Waals surface area contributed by atoms with Crippen LogP contribution in [-0.4, -0.2) is 26.7 Å². The summed E-state index contributed by atoms with van der Waals surface area (Å²) in [5, 5.41) is 0. The molecule has 1 atom stereocenters. The van der Waals surface area contributed by atoms with Crippen molar-refractivity contribution in [1.82, 2.24) is 0 Å². The quantitative estimate of drug-likeness (QED) is 0.853. The SMILES string of the molecule is COc1c(C)cc(C)cc1N(C)C(C)CCN. The third-order valence-electron chi connectivity index (χ3n) is 3.23. The summed E-state index contributed by atoms with van der Waals surface area (Å²) < 4.78 is 5.51. The maximum atomic E-state index is 5.62. The van der Waals surface area contributed by atoms with E-state index < -0.39 is 0 Å². The molecule has 1 aromatic carbocycles. The molecule has 0 aliphatic carbocycles. The summed E-state index contributed by atoms with van der Waals surface area (Å²) in [5.41, 5.74) is 9.19. The normalized spacial score (nSPS) is 12.4. The smallest absolute Gasteiger partial charge is 0.145 e. The van der Waals surface area contributed by atoms with Gasteiger partial charge in [0.25, 0.3) is 0 Å². The van der Waals surface area contributed by atoms with Crippen molar-refractivity contribution in [3.8, 4) is 5.75 Å². The minimum absolute atomic E-state index is 0.412. The van der Waals surface area contributed by atoms with Crippen LogP contribution in [0.4, 0.5) is 5.69 Å². The number of methoxy groups -OCH3 is 1. The Hall–Kier alpha value is -1.22. The minimum atomic E-state index is 0.412. The van der Waals surface area contributed by atoms with E-state index in [9.17, 15) is 0 Å². The summed E-state index contributed by atoms with van der Waals surface area (Å²) in [7, 11) is 3.82.